The molecule has 4 rings (SSSR count). The Labute approximate surface area is 188 Å². The van der Waals surface area contributed by atoms with E-state index in [1.54, 1.807) is 18.3 Å². The normalized spacial score (nSPS) is 19.0. The van der Waals surface area contributed by atoms with Crippen molar-refractivity contribution in [2.45, 2.75) is 38.5 Å². The Hall–Kier alpha value is -3.09. The fourth-order valence-corrected chi connectivity index (χ4v) is 4.60. The Morgan fingerprint density at radius 1 is 1.06 bits per heavy atom. The highest BCUT2D eigenvalue weighted by Gasteiger charge is 2.43. The van der Waals surface area contributed by atoms with Crippen LogP contribution < -0.4 is 9.47 Å². The number of hydrogen-bond donors (Lipinski definition) is 0. The first-order valence-corrected chi connectivity index (χ1v) is 11.3. The Morgan fingerprint density at radius 3 is 2.66 bits per heavy atom. The molecule has 1 aromatic carbocycles. The second-order valence-electron chi connectivity index (χ2n) is 8.46. The zero-order valence-corrected chi connectivity index (χ0v) is 18.5. The van der Waals surface area contributed by atoms with Gasteiger partial charge in [0.25, 0.3) is 5.91 Å². The van der Waals surface area contributed by atoms with Crippen molar-refractivity contribution in [2.75, 3.05) is 33.4 Å². The van der Waals surface area contributed by atoms with Gasteiger partial charge in [-0.05, 0) is 49.8 Å². The van der Waals surface area contributed by atoms with Gasteiger partial charge in [-0.3, -0.25) is 9.59 Å². The van der Waals surface area contributed by atoms with Gasteiger partial charge in [0, 0.05) is 30.9 Å². The molecule has 0 unspecified atom stereocenters. The molecule has 7 nitrogen and oxygen atoms in total. The second kappa shape index (κ2) is 10.0. The Balaban J connectivity index is 1.41. The van der Waals surface area contributed by atoms with Gasteiger partial charge in [0.05, 0.1) is 12.5 Å². The summed E-state index contributed by atoms with van der Waals surface area (Å²) in [6, 6.07) is 11.4. The number of nitrogens with zero attached hydrogens (tertiary/aromatic N) is 2. The highest BCUT2D eigenvalue weighted by Crippen LogP contribution is 2.39. The number of carbonyl (C=O) groups is 2. The summed E-state index contributed by atoms with van der Waals surface area (Å²) in [6.07, 6.45) is 6.40. The molecule has 0 saturated carbocycles. The van der Waals surface area contributed by atoms with Crippen LogP contribution in [0.4, 0.5) is 0 Å². The summed E-state index contributed by atoms with van der Waals surface area (Å²) in [5, 5.41) is 0. The van der Waals surface area contributed by atoms with Crippen LogP contribution in [0.25, 0.3) is 0 Å². The third-order valence-corrected chi connectivity index (χ3v) is 6.53. The lowest BCUT2D eigenvalue weighted by Crippen LogP contribution is -2.47. The molecule has 0 radical (unpaired) electrons. The van der Waals surface area contributed by atoms with E-state index >= 15 is 0 Å². The van der Waals surface area contributed by atoms with E-state index in [2.05, 4.69) is 11.1 Å². The molecule has 1 aromatic heterocycles. The highest BCUT2D eigenvalue weighted by molar-refractivity contribution is 5.94. The number of methoxy groups -OCH3 is 1. The lowest BCUT2D eigenvalue weighted by Gasteiger charge is -2.40. The number of benzene rings is 1. The monoisotopic (exact) mass is 438 g/mol. The highest BCUT2D eigenvalue weighted by atomic mass is 16.6. The number of para-hydroxylation sites is 1. The van der Waals surface area contributed by atoms with Gasteiger partial charge in [-0.2, -0.15) is 0 Å². The van der Waals surface area contributed by atoms with Crippen molar-refractivity contribution in [3.8, 4) is 11.6 Å². The van der Waals surface area contributed by atoms with E-state index in [1.807, 2.05) is 23.1 Å². The standard InChI is InChI=1S/C25H30N2O5/c1-30-22-18-20(9-13-26-22)23(28)27-14-11-25(12-15-27)10-5-4-7-19-6-2-3-8-21(19)31-16-17-32-24(25)29/h2-3,6,8-9,13,18H,4-5,7,10-12,14-17H2,1H3. The lowest BCUT2D eigenvalue weighted by atomic mass is 9.74. The average Bonchev–Trinajstić information content (AvgIpc) is 2.84. The summed E-state index contributed by atoms with van der Waals surface area (Å²) >= 11 is 0. The van der Waals surface area contributed by atoms with Crippen molar-refractivity contribution < 1.29 is 23.8 Å². The van der Waals surface area contributed by atoms with Crippen molar-refractivity contribution in [1.29, 1.82) is 0 Å². The van der Waals surface area contributed by atoms with Gasteiger partial charge >= 0.3 is 5.97 Å². The van der Waals surface area contributed by atoms with E-state index in [-0.39, 0.29) is 18.5 Å². The molecule has 2 aliphatic rings. The van der Waals surface area contributed by atoms with Crippen LogP contribution in [0.1, 0.15) is 48.0 Å². The number of cyclic esters (lactones) is 1. The van der Waals surface area contributed by atoms with E-state index < -0.39 is 5.41 Å². The number of piperidine rings is 1. The number of esters is 1. The maximum absolute atomic E-state index is 13.1. The Kier molecular flexibility index (Phi) is 6.93. The third-order valence-electron chi connectivity index (χ3n) is 6.53. The number of hydrogen-bond acceptors (Lipinski definition) is 6. The summed E-state index contributed by atoms with van der Waals surface area (Å²) in [5.74, 6) is 1.06. The van der Waals surface area contributed by atoms with E-state index in [1.165, 1.54) is 12.7 Å². The summed E-state index contributed by atoms with van der Waals surface area (Å²) in [6.45, 7) is 1.62. The summed E-state index contributed by atoms with van der Waals surface area (Å²) < 4.78 is 16.6. The first-order chi connectivity index (χ1) is 15.6. The van der Waals surface area contributed by atoms with Crippen LogP contribution >= 0.6 is 0 Å². The van der Waals surface area contributed by atoms with Gasteiger partial charge in [0.1, 0.15) is 19.0 Å². The molecule has 3 heterocycles. The minimum atomic E-state index is -0.536. The van der Waals surface area contributed by atoms with Crippen molar-refractivity contribution in [3.05, 3.63) is 53.7 Å². The lowest BCUT2D eigenvalue weighted by molar-refractivity contribution is -0.160. The maximum Gasteiger partial charge on any atom is 0.312 e. The molecule has 170 valence electrons. The molecule has 0 aliphatic carbocycles. The number of ether oxygens (including phenoxy) is 3. The minimum Gasteiger partial charge on any atom is -0.490 e. The summed E-state index contributed by atoms with van der Waals surface area (Å²) in [5.41, 5.74) is 1.21. The fourth-order valence-electron chi connectivity index (χ4n) is 4.60. The zero-order valence-electron chi connectivity index (χ0n) is 18.5. The number of amides is 1. The van der Waals surface area contributed by atoms with Crippen LogP contribution in [0, 0.1) is 5.41 Å². The second-order valence-corrected chi connectivity index (χ2v) is 8.46. The van der Waals surface area contributed by atoms with E-state index in [4.69, 9.17) is 14.2 Å². The average molecular weight is 439 g/mol. The molecule has 0 N–H and O–H groups in total. The molecule has 1 fully saturated rings. The van der Waals surface area contributed by atoms with Crippen LogP contribution in [-0.2, 0) is 16.0 Å². The van der Waals surface area contributed by atoms with Crippen LogP contribution in [0.15, 0.2) is 42.6 Å². The minimum absolute atomic E-state index is 0.0629. The molecule has 2 aliphatic heterocycles. The predicted molar refractivity (Wildman–Crippen MR) is 119 cm³/mol. The van der Waals surface area contributed by atoms with Gasteiger partial charge in [0.2, 0.25) is 5.88 Å². The zero-order chi connectivity index (χ0) is 22.4. The van der Waals surface area contributed by atoms with E-state index in [0.717, 1.165) is 31.4 Å². The number of aromatic nitrogens is 1. The molecule has 0 atom stereocenters. The molecule has 7 heteroatoms. The first kappa shape index (κ1) is 22.1. The molecule has 1 amide bonds. The van der Waals surface area contributed by atoms with Gasteiger partial charge < -0.3 is 19.1 Å². The van der Waals surface area contributed by atoms with Gasteiger partial charge in [-0.15, -0.1) is 0 Å². The van der Waals surface area contributed by atoms with Crippen molar-refractivity contribution >= 4 is 11.9 Å². The number of likely N-dealkylation sites (tertiary alicyclic amines) is 1. The number of rotatable bonds is 2. The molecular weight excluding hydrogens is 408 g/mol. The van der Waals surface area contributed by atoms with Gasteiger partial charge in [-0.1, -0.05) is 24.6 Å². The number of aryl methyl sites for hydroxylation is 1. The fraction of sp³-hybridized carbons (Fsp3) is 0.480. The van der Waals surface area contributed by atoms with E-state index in [9.17, 15) is 9.59 Å². The van der Waals surface area contributed by atoms with Crippen LogP contribution in [0.3, 0.4) is 0 Å². The summed E-state index contributed by atoms with van der Waals surface area (Å²) in [4.78, 5) is 31.9. The molecule has 0 bridgehead atoms. The van der Waals surface area contributed by atoms with Crippen LogP contribution in [-0.4, -0.2) is 55.2 Å². The quantitative estimate of drug-likeness (QED) is 0.666. The maximum atomic E-state index is 13.1. The number of pyridine rings is 1. The van der Waals surface area contributed by atoms with Crippen LogP contribution in [0.5, 0.6) is 11.6 Å². The largest absolute Gasteiger partial charge is 0.490 e. The first-order valence-electron chi connectivity index (χ1n) is 11.3. The number of carbonyl (C=O) groups excluding carboxylic acids is 2. The Morgan fingerprint density at radius 2 is 1.84 bits per heavy atom. The van der Waals surface area contributed by atoms with Crippen LogP contribution in [0.2, 0.25) is 0 Å². The van der Waals surface area contributed by atoms with Gasteiger partial charge in [0.15, 0.2) is 0 Å². The summed E-state index contributed by atoms with van der Waals surface area (Å²) in [7, 11) is 1.53. The molecule has 1 spiro atoms. The SMILES string of the molecule is COc1cc(C(=O)N2CCC3(CCCCc4ccccc4OCCOC3=O)CC2)ccn1. The Bertz CT molecular complexity index is 953. The smallest absolute Gasteiger partial charge is 0.312 e. The number of fused-ring (bicyclic) bond motifs is 1. The van der Waals surface area contributed by atoms with Crippen molar-refractivity contribution in [2.24, 2.45) is 5.41 Å². The predicted octanol–water partition coefficient (Wildman–Crippen LogP) is 3.66. The molecular formula is C25H30N2O5. The molecule has 2 aromatic rings. The van der Waals surface area contributed by atoms with Gasteiger partial charge in [-0.25, -0.2) is 4.98 Å². The van der Waals surface area contributed by atoms with E-state index in [0.29, 0.717) is 44.0 Å². The molecule has 1 saturated heterocycles. The topological polar surface area (TPSA) is 78.0 Å². The third kappa shape index (κ3) is 4.87. The van der Waals surface area contributed by atoms with Crippen molar-refractivity contribution in [1.82, 2.24) is 9.88 Å². The molecule has 32 heavy (non-hydrogen) atoms. The van der Waals surface area contributed by atoms with Crippen molar-refractivity contribution in [3.63, 3.8) is 0 Å².